The number of benzene rings is 1. The molecular weight excluding hydrogens is 397 g/mol. The Kier molecular flexibility index (Phi) is 6.46. The summed E-state index contributed by atoms with van der Waals surface area (Å²) in [6.45, 7) is 6.15. The minimum Gasteiger partial charge on any atom is -0.295 e. The summed E-state index contributed by atoms with van der Waals surface area (Å²) in [6.07, 6.45) is 3.88. The van der Waals surface area contributed by atoms with Crippen LogP contribution in [0.3, 0.4) is 0 Å². The van der Waals surface area contributed by atoms with Crippen LogP contribution in [-0.2, 0) is 6.54 Å². The smallest absolute Gasteiger partial charge is 0.261 e. The Morgan fingerprint density at radius 3 is 2.88 bits per heavy atom. The van der Waals surface area contributed by atoms with Gasteiger partial charge in [-0.05, 0) is 50.9 Å². The van der Waals surface area contributed by atoms with Crippen LogP contribution in [0.2, 0.25) is 0 Å². The first-order valence-corrected chi connectivity index (χ1v) is 10.4. The first kappa shape index (κ1) is 19.5. The van der Waals surface area contributed by atoms with Crippen LogP contribution in [0.15, 0.2) is 27.5 Å². The van der Waals surface area contributed by atoms with Crippen LogP contribution in [0, 0.1) is 5.92 Å². The van der Waals surface area contributed by atoms with Crippen molar-refractivity contribution in [2.45, 2.75) is 52.1 Å². The molecular formula is C20H27BrFN3O. The number of rotatable bonds is 6. The van der Waals surface area contributed by atoms with Crippen molar-refractivity contribution in [2.24, 2.45) is 5.92 Å². The SMILES string of the molecule is CCC[C@@H](c1nc2ccc(Br)cc2c(=O)n1CC)N1CCC[C@H](CF)C1. The van der Waals surface area contributed by atoms with Crippen LogP contribution in [0.1, 0.15) is 51.4 Å². The Bertz CT molecular complexity index is 823. The number of piperidine rings is 1. The van der Waals surface area contributed by atoms with Gasteiger partial charge in [0.25, 0.3) is 5.56 Å². The average Bonchev–Trinajstić information content (AvgIpc) is 2.66. The molecule has 0 amide bonds. The van der Waals surface area contributed by atoms with Gasteiger partial charge in [0.15, 0.2) is 0 Å². The molecule has 0 spiro atoms. The van der Waals surface area contributed by atoms with Crippen molar-refractivity contribution < 1.29 is 4.39 Å². The van der Waals surface area contributed by atoms with Gasteiger partial charge in [-0.15, -0.1) is 0 Å². The van der Waals surface area contributed by atoms with Gasteiger partial charge in [0.2, 0.25) is 0 Å². The fraction of sp³-hybridized carbons (Fsp3) is 0.600. The Labute approximate surface area is 162 Å². The molecule has 0 aliphatic carbocycles. The molecule has 1 aromatic heterocycles. The number of likely N-dealkylation sites (tertiary alicyclic amines) is 1. The summed E-state index contributed by atoms with van der Waals surface area (Å²) in [7, 11) is 0. The molecule has 2 atom stereocenters. The third kappa shape index (κ3) is 3.86. The fourth-order valence-electron chi connectivity index (χ4n) is 4.02. The van der Waals surface area contributed by atoms with E-state index >= 15 is 0 Å². The Hall–Kier alpha value is -1.27. The van der Waals surface area contributed by atoms with E-state index in [1.54, 1.807) is 4.57 Å². The molecule has 1 aliphatic rings. The average molecular weight is 424 g/mol. The summed E-state index contributed by atoms with van der Waals surface area (Å²) < 4.78 is 15.9. The van der Waals surface area contributed by atoms with Crippen molar-refractivity contribution in [3.63, 3.8) is 0 Å². The molecule has 1 saturated heterocycles. The van der Waals surface area contributed by atoms with Crippen molar-refractivity contribution in [2.75, 3.05) is 19.8 Å². The first-order chi connectivity index (χ1) is 12.6. The highest BCUT2D eigenvalue weighted by Gasteiger charge is 2.29. The van der Waals surface area contributed by atoms with Gasteiger partial charge >= 0.3 is 0 Å². The van der Waals surface area contributed by atoms with Gasteiger partial charge in [-0.3, -0.25) is 18.7 Å². The standard InChI is InChI=1S/C20H27BrFN3O/c1-3-6-18(24-10-5-7-14(12-22)13-24)19-23-17-9-8-15(21)11-16(17)20(26)25(19)4-2/h8-9,11,14,18H,3-7,10,12-13H2,1-2H3/t14-,18+/m1/s1. The van der Waals surface area contributed by atoms with E-state index in [9.17, 15) is 9.18 Å². The predicted octanol–water partition coefficient (Wildman–Crippen LogP) is 4.70. The molecule has 1 aliphatic heterocycles. The minimum absolute atomic E-state index is 0.00829. The Morgan fingerprint density at radius 1 is 1.38 bits per heavy atom. The van der Waals surface area contributed by atoms with Gasteiger partial charge in [-0.25, -0.2) is 4.98 Å². The second-order valence-electron chi connectivity index (χ2n) is 7.14. The van der Waals surface area contributed by atoms with Crippen molar-refractivity contribution >= 4 is 26.8 Å². The number of alkyl halides is 1. The molecule has 3 rings (SSSR count). The summed E-state index contributed by atoms with van der Waals surface area (Å²) in [5.41, 5.74) is 0.743. The summed E-state index contributed by atoms with van der Waals surface area (Å²) in [4.78, 5) is 20.3. The molecule has 2 aromatic rings. The lowest BCUT2D eigenvalue weighted by Crippen LogP contribution is -2.41. The molecule has 4 nitrogen and oxygen atoms in total. The second-order valence-corrected chi connectivity index (χ2v) is 8.06. The summed E-state index contributed by atoms with van der Waals surface area (Å²) in [5.74, 6) is 0.926. The highest BCUT2D eigenvalue weighted by atomic mass is 79.9. The molecule has 0 radical (unpaired) electrons. The molecule has 26 heavy (non-hydrogen) atoms. The lowest BCUT2D eigenvalue weighted by atomic mass is 9.96. The topological polar surface area (TPSA) is 38.1 Å². The Balaban J connectivity index is 2.10. The number of nitrogens with zero attached hydrogens (tertiary/aromatic N) is 3. The van der Waals surface area contributed by atoms with Gasteiger partial charge in [-0.2, -0.15) is 0 Å². The molecule has 0 bridgehead atoms. The summed E-state index contributed by atoms with van der Waals surface area (Å²) in [6, 6.07) is 5.72. The van der Waals surface area contributed by atoms with Crippen LogP contribution >= 0.6 is 15.9 Å². The van der Waals surface area contributed by atoms with Crippen molar-refractivity contribution in [1.29, 1.82) is 0 Å². The molecule has 0 unspecified atom stereocenters. The maximum Gasteiger partial charge on any atom is 0.261 e. The number of hydrogen-bond donors (Lipinski definition) is 0. The van der Waals surface area contributed by atoms with E-state index in [1.165, 1.54) is 0 Å². The number of hydrogen-bond acceptors (Lipinski definition) is 3. The summed E-state index contributed by atoms with van der Waals surface area (Å²) >= 11 is 3.44. The minimum atomic E-state index is -0.269. The van der Waals surface area contributed by atoms with Crippen molar-refractivity contribution in [3.8, 4) is 0 Å². The van der Waals surface area contributed by atoms with Crippen LogP contribution < -0.4 is 5.56 Å². The largest absolute Gasteiger partial charge is 0.295 e. The summed E-state index contributed by atoms with van der Waals surface area (Å²) in [5, 5.41) is 0.639. The maximum absolute atomic E-state index is 13.3. The van der Waals surface area contributed by atoms with E-state index in [-0.39, 0.29) is 24.2 Å². The van der Waals surface area contributed by atoms with Crippen LogP contribution in [0.5, 0.6) is 0 Å². The van der Waals surface area contributed by atoms with Gasteiger partial charge in [0, 0.05) is 23.5 Å². The molecule has 1 fully saturated rings. The maximum atomic E-state index is 13.3. The van der Waals surface area contributed by atoms with Crippen molar-refractivity contribution in [3.05, 3.63) is 38.9 Å². The van der Waals surface area contributed by atoms with Gasteiger partial charge < -0.3 is 0 Å². The van der Waals surface area contributed by atoms with Gasteiger partial charge in [0.05, 0.1) is 23.6 Å². The van der Waals surface area contributed by atoms with Crippen LogP contribution in [-0.4, -0.2) is 34.2 Å². The number of fused-ring (bicyclic) bond motifs is 1. The van der Waals surface area contributed by atoms with E-state index in [2.05, 4.69) is 27.8 Å². The molecule has 142 valence electrons. The van der Waals surface area contributed by atoms with Crippen LogP contribution in [0.4, 0.5) is 4.39 Å². The normalized spacial score (nSPS) is 19.8. The zero-order valence-electron chi connectivity index (χ0n) is 15.5. The fourth-order valence-corrected chi connectivity index (χ4v) is 4.39. The molecule has 2 heterocycles. The lowest BCUT2D eigenvalue weighted by molar-refractivity contribution is 0.0971. The van der Waals surface area contributed by atoms with E-state index in [0.717, 1.165) is 54.6 Å². The number of aromatic nitrogens is 2. The van der Waals surface area contributed by atoms with Gasteiger partial charge in [-0.1, -0.05) is 29.3 Å². The first-order valence-electron chi connectivity index (χ1n) is 9.59. The lowest BCUT2D eigenvalue weighted by Gasteiger charge is -2.38. The van der Waals surface area contributed by atoms with E-state index in [4.69, 9.17) is 4.98 Å². The molecule has 1 aromatic carbocycles. The van der Waals surface area contributed by atoms with Gasteiger partial charge in [0.1, 0.15) is 5.82 Å². The van der Waals surface area contributed by atoms with Crippen molar-refractivity contribution in [1.82, 2.24) is 14.5 Å². The van der Waals surface area contributed by atoms with Crippen LogP contribution in [0.25, 0.3) is 10.9 Å². The zero-order chi connectivity index (χ0) is 18.7. The number of halogens is 2. The monoisotopic (exact) mass is 423 g/mol. The Morgan fingerprint density at radius 2 is 2.19 bits per heavy atom. The third-order valence-electron chi connectivity index (χ3n) is 5.33. The molecule has 0 saturated carbocycles. The second kappa shape index (κ2) is 8.61. The highest BCUT2D eigenvalue weighted by molar-refractivity contribution is 9.10. The highest BCUT2D eigenvalue weighted by Crippen LogP contribution is 2.30. The predicted molar refractivity (Wildman–Crippen MR) is 107 cm³/mol. The zero-order valence-corrected chi connectivity index (χ0v) is 17.1. The van der Waals surface area contributed by atoms with E-state index < -0.39 is 0 Å². The quantitative estimate of drug-likeness (QED) is 0.675. The third-order valence-corrected chi connectivity index (χ3v) is 5.82. The molecule has 6 heteroatoms. The van der Waals surface area contributed by atoms with E-state index in [1.807, 2.05) is 25.1 Å². The van der Waals surface area contributed by atoms with E-state index in [0.29, 0.717) is 11.9 Å². The molecule has 0 N–H and O–H groups in total.